The van der Waals surface area contributed by atoms with Gasteiger partial charge in [0.2, 0.25) is 5.95 Å². The zero-order chi connectivity index (χ0) is 15.3. The molecule has 0 bridgehead atoms. The third-order valence-corrected chi connectivity index (χ3v) is 4.10. The van der Waals surface area contributed by atoms with E-state index in [0.29, 0.717) is 18.1 Å². The maximum Gasteiger partial charge on any atom is 0.277 e. The van der Waals surface area contributed by atoms with Crippen molar-refractivity contribution in [3.63, 3.8) is 0 Å². The molecule has 112 valence electrons. The minimum absolute atomic E-state index is 0.100. The Bertz CT molecular complexity index is 903. The molecular weight excluding hydrogens is 278 g/mol. The molecule has 1 fully saturated rings. The highest BCUT2D eigenvalue weighted by atomic mass is 16.1. The first-order valence-corrected chi connectivity index (χ1v) is 7.44. The van der Waals surface area contributed by atoms with Gasteiger partial charge in [0.1, 0.15) is 0 Å². The van der Waals surface area contributed by atoms with Gasteiger partial charge < -0.3 is 5.73 Å². The molecule has 0 aliphatic heterocycles. The molecule has 1 aliphatic carbocycles. The zero-order valence-electron chi connectivity index (χ0n) is 12.3. The molecule has 0 spiro atoms. The minimum Gasteiger partial charge on any atom is -0.368 e. The standard InChI is InChI=1S/C16H17N5O/c1-9-2-4-10(5-3-9)8-12-13(11-6-7-11)18-16-19-15(17)20-21(16)14(12)22/h2-5,11H,6-8H2,1H3,(H3,17,18,19,20). The van der Waals surface area contributed by atoms with E-state index in [4.69, 9.17) is 5.73 Å². The summed E-state index contributed by atoms with van der Waals surface area (Å²) in [7, 11) is 0. The quantitative estimate of drug-likeness (QED) is 0.770. The van der Waals surface area contributed by atoms with Crippen LogP contribution in [0, 0.1) is 6.92 Å². The Hall–Kier alpha value is -2.63. The summed E-state index contributed by atoms with van der Waals surface area (Å²) in [6.07, 6.45) is 2.76. The number of aryl methyl sites for hydroxylation is 1. The van der Waals surface area contributed by atoms with Crippen LogP contribution in [0.25, 0.3) is 5.78 Å². The normalized spacial score (nSPS) is 14.6. The first-order chi connectivity index (χ1) is 10.6. The molecule has 6 nitrogen and oxygen atoms in total. The topological polar surface area (TPSA) is 89.1 Å². The van der Waals surface area contributed by atoms with Crippen molar-refractivity contribution in [1.82, 2.24) is 19.6 Å². The molecule has 3 aromatic rings. The van der Waals surface area contributed by atoms with Crippen LogP contribution in [0.5, 0.6) is 0 Å². The smallest absolute Gasteiger partial charge is 0.277 e. The highest BCUT2D eigenvalue weighted by Crippen LogP contribution is 2.40. The third kappa shape index (κ3) is 2.16. The second-order valence-corrected chi connectivity index (χ2v) is 5.96. The zero-order valence-corrected chi connectivity index (χ0v) is 12.3. The fourth-order valence-electron chi connectivity index (χ4n) is 2.75. The number of rotatable bonds is 3. The Kier molecular flexibility index (Phi) is 2.79. The summed E-state index contributed by atoms with van der Waals surface area (Å²) in [5, 5.41) is 2.76. The van der Waals surface area contributed by atoms with Crippen LogP contribution in [0.3, 0.4) is 0 Å². The number of aromatic amines is 1. The van der Waals surface area contributed by atoms with Crippen LogP contribution in [0.1, 0.15) is 41.1 Å². The Balaban J connectivity index is 1.87. The van der Waals surface area contributed by atoms with Crippen molar-refractivity contribution in [3.8, 4) is 0 Å². The Morgan fingerprint density at radius 2 is 2.00 bits per heavy atom. The number of nitrogens with zero attached hydrogens (tertiary/aromatic N) is 3. The van der Waals surface area contributed by atoms with E-state index in [0.717, 1.165) is 29.7 Å². The van der Waals surface area contributed by atoms with Crippen molar-refractivity contribution in [2.24, 2.45) is 0 Å². The number of aromatic nitrogens is 4. The molecule has 3 N–H and O–H groups in total. The molecule has 2 aromatic heterocycles. The summed E-state index contributed by atoms with van der Waals surface area (Å²) in [6.45, 7) is 2.05. The number of nitrogens with two attached hydrogens (primary N) is 1. The second-order valence-electron chi connectivity index (χ2n) is 5.96. The number of fused-ring (bicyclic) bond motifs is 1. The van der Waals surface area contributed by atoms with Gasteiger partial charge in [-0.25, -0.2) is 4.98 Å². The largest absolute Gasteiger partial charge is 0.368 e. The average Bonchev–Trinajstić information content (AvgIpc) is 3.26. The van der Waals surface area contributed by atoms with Gasteiger partial charge in [-0.05, 0) is 25.3 Å². The SMILES string of the molecule is Cc1ccc(Cc2c(C3CC3)nc3nc(N)[nH]n3c2=O)cc1. The van der Waals surface area contributed by atoms with E-state index in [1.54, 1.807) is 0 Å². The van der Waals surface area contributed by atoms with Crippen molar-refractivity contribution in [1.29, 1.82) is 0 Å². The molecule has 1 aromatic carbocycles. The molecule has 0 saturated heterocycles. The van der Waals surface area contributed by atoms with E-state index in [2.05, 4.69) is 46.3 Å². The predicted octanol–water partition coefficient (Wildman–Crippen LogP) is 1.78. The minimum atomic E-state index is -0.100. The summed E-state index contributed by atoms with van der Waals surface area (Å²) in [5.41, 5.74) is 9.50. The maximum atomic E-state index is 12.8. The van der Waals surface area contributed by atoms with Crippen molar-refractivity contribution in [2.75, 3.05) is 5.73 Å². The van der Waals surface area contributed by atoms with Crippen molar-refractivity contribution >= 4 is 11.7 Å². The van der Waals surface area contributed by atoms with Gasteiger partial charge in [0, 0.05) is 17.9 Å². The molecule has 4 rings (SSSR count). The monoisotopic (exact) mass is 295 g/mol. The summed E-state index contributed by atoms with van der Waals surface area (Å²) < 4.78 is 1.34. The van der Waals surface area contributed by atoms with Crippen molar-refractivity contribution in [3.05, 3.63) is 57.0 Å². The lowest BCUT2D eigenvalue weighted by Crippen LogP contribution is -2.23. The van der Waals surface area contributed by atoms with Gasteiger partial charge in [0.25, 0.3) is 11.3 Å². The molecule has 2 heterocycles. The van der Waals surface area contributed by atoms with Gasteiger partial charge in [0.05, 0.1) is 5.69 Å². The lowest BCUT2D eigenvalue weighted by Gasteiger charge is -2.08. The summed E-state index contributed by atoms with van der Waals surface area (Å²) >= 11 is 0. The number of benzene rings is 1. The second kappa shape index (κ2) is 4.69. The van der Waals surface area contributed by atoms with Gasteiger partial charge in [0.15, 0.2) is 0 Å². The number of hydrogen-bond acceptors (Lipinski definition) is 4. The molecule has 1 saturated carbocycles. The van der Waals surface area contributed by atoms with Crippen LogP contribution >= 0.6 is 0 Å². The predicted molar refractivity (Wildman–Crippen MR) is 84.0 cm³/mol. The summed E-state index contributed by atoms with van der Waals surface area (Å²) in [6, 6.07) is 8.23. The summed E-state index contributed by atoms with van der Waals surface area (Å²) in [5.74, 6) is 0.951. The van der Waals surface area contributed by atoms with E-state index in [9.17, 15) is 4.79 Å². The molecule has 0 amide bonds. The van der Waals surface area contributed by atoms with Gasteiger partial charge in [-0.1, -0.05) is 29.8 Å². The molecule has 0 radical (unpaired) electrons. The van der Waals surface area contributed by atoms with Gasteiger partial charge >= 0.3 is 0 Å². The van der Waals surface area contributed by atoms with E-state index >= 15 is 0 Å². The number of hydrogen-bond donors (Lipinski definition) is 2. The van der Waals surface area contributed by atoms with Gasteiger partial charge in [-0.2, -0.15) is 9.50 Å². The van der Waals surface area contributed by atoms with Crippen LogP contribution in [0.4, 0.5) is 5.95 Å². The fraction of sp³-hybridized carbons (Fsp3) is 0.312. The number of nitrogens with one attached hydrogen (secondary N) is 1. The summed E-state index contributed by atoms with van der Waals surface area (Å²) in [4.78, 5) is 21.4. The average molecular weight is 295 g/mol. The lowest BCUT2D eigenvalue weighted by atomic mass is 10.0. The number of nitrogen functional groups attached to an aromatic ring is 1. The van der Waals surface area contributed by atoms with Crippen LogP contribution in [0.15, 0.2) is 29.1 Å². The first-order valence-electron chi connectivity index (χ1n) is 7.44. The number of anilines is 1. The lowest BCUT2D eigenvalue weighted by molar-refractivity contribution is 0.839. The molecule has 6 heteroatoms. The van der Waals surface area contributed by atoms with E-state index < -0.39 is 0 Å². The molecular formula is C16H17N5O. The van der Waals surface area contributed by atoms with Crippen molar-refractivity contribution < 1.29 is 0 Å². The maximum absolute atomic E-state index is 12.8. The van der Waals surface area contributed by atoms with Crippen LogP contribution in [-0.4, -0.2) is 19.6 Å². The third-order valence-electron chi connectivity index (χ3n) is 4.10. The molecule has 1 aliphatic rings. The highest BCUT2D eigenvalue weighted by molar-refractivity contribution is 5.41. The van der Waals surface area contributed by atoms with E-state index in [1.165, 1.54) is 10.1 Å². The van der Waals surface area contributed by atoms with Gasteiger partial charge in [-0.3, -0.25) is 9.89 Å². The Morgan fingerprint density at radius 3 is 2.68 bits per heavy atom. The van der Waals surface area contributed by atoms with Crippen LogP contribution < -0.4 is 11.3 Å². The van der Waals surface area contributed by atoms with Crippen molar-refractivity contribution in [2.45, 2.75) is 32.1 Å². The molecule has 0 atom stereocenters. The Labute approximate surface area is 127 Å². The first kappa shape index (κ1) is 13.1. The van der Waals surface area contributed by atoms with E-state index in [1.807, 2.05) is 0 Å². The van der Waals surface area contributed by atoms with E-state index in [-0.39, 0.29) is 11.5 Å². The molecule has 22 heavy (non-hydrogen) atoms. The van der Waals surface area contributed by atoms with Crippen LogP contribution in [-0.2, 0) is 6.42 Å². The fourth-order valence-corrected chi connectivity index (χ4v) is 2.75. The Morgan fingerprint density at radius 1 is 1.27 bits per heavy atom. The van der Waals surface area contributed by atoms with Gasteiger partial charge in [-0.15, -0.1) is 0 Å². The molecule has 0 unspecified atom stereocenters. The number of H-pyrrole nitrogens is 1. The van der Waals surface area contributed by atoms with Crippen LogP contribution in [0.2, 0.25) is 0 Å². The highest BCUT2D eigenvalue weighted by Gasteiger charge is 2.30.